The molecule has 70 heavy (non-hydrogen) atoms. The van der Waals surface area contributed by atoms with Gasteiger partial charge < -0.3 is 48.2 Å². The van der Waals surface area contributed by atoms with Gasteiger partial charge >= 0.3 is 0 Å². The highest BCUT2D eigenvalue weighted by Gasteiger charge is 2.44. The molecule has 16 nitrogen and oxygen atoms in total. The van der Waals surface area contributed by atoms with Gasteiger partial charge in [0.15, 0.2) is 11.6 Å². The van der Waals surface area contributed by atoms with Crippen molar-refractivity contribution in [1.82, 2.24) is 58.6 Å². The zero-order valence-electron chi connectivity index (χ0n) is 40.2. The van der Waals surface area contributed by atoms with Crippen molar-refractivity contribution in [2.75, 3.05) is 46.9 Å². The monoisotopic (exact) mass is 938 g/mol. The molecule has 2 N–H and O–H groups in total. The van der Waals surface area contributed by atoms with Crippen LogP contribution in [0.2, 0.25) is 0 Å². The summed E-state index contributed by atoms with van der Waals surface area (Å²) in [4.78, 5) is 52.8. The number of imidazole rings is 2. The van der Waals surface area contributed by atoms with Gasteiger partial charge in [-0.2, -0.15) is 0 Å². The Morgan fingerprint density at radius 2 is 1.24 bits per heavy atom. The smallest absolute Gasteiger partial charge is 0.254 e. The maximum absolute atomic E-state index is 14.4. The van der Waals surface area contributed by atoms with Gasteiger partial charge in [0.1, 0.15) is 33.8 Å². The number of methoxy groups -OCH3 is 2. The van der Waals surface area contributed by atoms with Crippen LogP contribution >= 0.6 is 0 Å². The Morgan fingerprint density at radius 1 is 0.657 bits per heavy atom. The van der Waals surface area contributed by atoms with E-state index in [0.717, 1.165) is 118 Å². The van der Waals surface area contributed by atoms with Crippen LogP contribution in [0.4, 0.5) is 0 Å². The molecule has 8 aromatic rings. The Balaban J connectivity index is 0.718. The number of carbonyl (C=O) groups is 2. The number of hydrogen-bond acceptors (Lipinski definition) is 10. The van der Waals surface area contributed by atoms with Crippen LogP contribution in [0, 0.1) is 23.7 Å². The lowest BCUT2D eigenvalue weighted by molar-refractivity contribution is 0.0774. The molecular formula is C54H58N12O4. The average Bonchev–Trinajstić information content (AvgIpc) is 3.75. The lowest BCUT2D eigenvalue weighted by atomic mass is 10.0. The minimum absolute atomic E-state index is 0.00852. The first kappa shape index (κ1) is 42.1. The summed E-state index contributed by atoms with van der Waals surface area (Å²) in [5.41, 5.74) is 9.38. The maximum Gasteiger partial charge on any atom is 0.254 e. The molecule has 6 aliphatic rings. The molecule has 4 aliphatic heterocycles. The van der Waals surface area contributed by atoms with Crippen molar-refractivity contribution < 1.29 is 19.1 Å². The van der Waals surface area contributed by atoms with Crippen LogP contribution in [0.25, 0.3) is 67.2 Å². The number of pyridine rings is 2. The lowest BCUT2D eigenvalue weighted by Crippen LogP contribution is -2.35. The summed E-state index contributed by atoms with van der Waals surface area (Å²) in [5, 5.41) is 9.63. The molecule has 2 amide bonds. The van der Waals surface area contributed by atoms with E-state index >= 15 is 0 Å². The summed E-state index contributed by atoms with van der Waals surface area (Å²) in [6.07, 6.45) is 8.73. The molecule has 2 aliphatic carbocycles. The van der Waals surface area contributed by atoms with Crippen molar-refractivity contribution >= 4 is 55.9 Å². The molecule has 2 saturated carbocycles. The van der Waals surface area contributed by atoms with Crippen molar-refractivity contribution in [2.24, 2.45) is 37.8 Å². The van der Waals surface area contributed by atoms with E-state index in [4.69, 9.17) is 29.4 Å². The fourth-order valence-electron chi connectivity index (χ4n) is 12.6. The van der Waals surface area contributed by atoms with Crippen LogP contribution < -0.4 is 20.1 Å². The van der Waals surface area contributed by atoms with Crippen molar-refractivity contribution in [3.8, 4) is 34.5 Å². The van der Waals surface area contributed by atoms with E-state index < -0.39 is 0 Å². The molecule has 6 fully saturated rings. The van der Waals surface area contributed by atoms with Gasteiger partial charge in [-0.15, -0.1) is 0 Å². The van der Waals surface area contributed by atoms with Crippen molar-refractivity contribution in [3.63, 3.8) is 0 Å². The van der Waals surface area contributed by atoms with Gasteiger partial charge in [0.2, 0.25) is 0 Å². The van der Waals surface area contributed by atoms with E-state index in [1.807, 2.05) is 60.4 Å². The molecular weight excluding hydrogens is 881 g/mol. The fraction of sp³-hybridized carbons (Fsp3) is 0.444. The van der Waals surface area contributed by atoms with Crippen molar-refractivity contribution in [3.05, 3.63) is 83.7 Å². The minimum atomic E-state index is -0.00852. The standard InChI is InChI=1S/C54H58N12O4/c1-61-47-39(59-51(61)43-19-31-6-5-14-56-49(31)65(43)23-29-7-8-29)17-35(22-46(47)70-4)54(68)64-26-36-18-38(57-42(36)28-64)37-12-11-32-20-44(66(50(32)58-37)24-30-9-10-30)52-60-40-16-34(21-45(69-3)48(40)62(52)2)53(67)63-25-33-13-15-55-41(33)27-63/h5-6,11-12,14,16-17,19-22,29-30,33,36,38,41-42,55,57H,7-10,13,15,18,23-28H2,1-4H3/t33-,36+,38?,41+,42-/m1/s1. The average molecular weight is 939 g/mol. The third kappa shape index (κ3) is 6.76. The number of benzene rings is 2. The van der Waals surface area contributed by atoms with Crippen molar-refractivity contribution in [1.29, 1.82) is 0 Å². The minimum Gasteiger partial charge on any atom is -0.494 e. The predicted octanol–water partition coefficient (Wildman–Crippen LogP) is 6.94. The highest BCUT2D eigenvalue weighted by molar-refractivity contribution is 6.01. The first-order chi connectivity index (χ1) is 34.2. The summed E-state index contributed by atoms with van der Waals surface area (Å²) >= 11 is 0. The van der Waals surface area contributed by atoms with E-state index in [9.17, 15) is 9.59 Å². The molecule has 0 bridgehead atoms. The SMILES string of the molecule is COc1cc(C(=O)N2C[C@@H]3CC(c4ccc5cc(-c6nc7cc(C(=O)N8C[C@H]9CCN[C@H]9C8)cc(OC)c7n6C)n(CC6CC6)c5n4)N[C@@H]3C2)cc2nc(-c3cc4cccnc4n3CC3CC3)n(C)c12. The molecule has 6 aromatic heterocycles. The number of aromatic nitrogens is 8. The Bertz CT molecular complexity index is 3440. The summed E-state index contributed by atoms with van der Waals surface area (Å²) in [6, 6.07) is 21.1. The fourth-order valence-corrected chi connectivity index (χ4v) is 12.6. The molecule has 358 valence electrons. The second-order valence-electron chi connectivity index (χ2n) is 21.2. The number of rotatable bonds is 11. The molecule has 4 saturated heterocycles. The number of ether oxygens (including phenoxy) is 2. The number of likely N-dealkylation sites (tertiary alicyclic amines) is 2. The first-order valence-corrected chi connectivity index (χ1v) is 25.3. The Hall–Kier alpha value is -6.78. The van der Waals surface area contributed by atoms with Gasteiger partial charge in [0, 0.05) is 93.5 Å². The molecule has 2 aromatic carbocycles. The summed E-state index contributed by atoms with van der Waals surface area (Å²) < 4.78 is 20.8. The Labute approximate surface area is 405 Å². The highest BCUT2D eigenvalue weighted by atomic mass is 16.5. The largest absolute Gasteiger partial charge is 0.494 e. The number of nitrogens with one attached hydrogen (secondary N) is 2. The third-order valence-corrected chi connectivity index (χ3v) is 16.6. The normalized spacial score (nSPS) is 23.2. The number of aryl methyl sites for hydroxylation is 2. The van der Waals surface area contributed by atoms with Crippen LogP contribution in [0.3, 0.4) is 0 Å². The topological polar surface area (TPSA) is 154 Å². The summed E-state index contributed by atoms with van der Waals surface area (Å²) in [7, 11) is 7.39. The zero-order valence-corrected chi connectivity index (χ0v) is 40.2. The predicted molar refractivity (Wildman–Crippen MR) is 267 cm³/mol. The molecule has 5 atom stereocenters. The van der Waals surface area contributed by atoms with Gasteiger partial charge in [-0.1, -0.05) is 0 Å². The second-order valence-corrected chi connectivity index (χ2v) is 21.2. The van der Waals surface area contributed by atoms with E-state index in [1.54, 1.807) is 14.2 Å². The molecule has 14 rings (SSSR count). The van der Waals surface area contributed by atoms with E-state index in [1.165, 1.54) is 25.7 Å². The first-order valence-electron chi connectivity index (χ1n) is 25.3. The molecule has 0 radical (unpaired) electrons. The molecule has 1 unspecified atom stereocenters. The summed E-state index contributed by atoms with van der Waals surface area (Å²) in [5.74, 6) is 5.01. The number of hydrogen-bond donors (Lipinski definition) is 2. The zero-order chi connectivity index (χ0) is 47.1. The van der Waals surface area contributed by atoms with E-state index in [2.05, 4.69) is 59.2 Å². The van der Waals surface area contributed by atoms with Crippen LogP contribution in [0.15, 0.2) is 66.9 Å². The summed E-state index contributed by atoms with van der Waals surface area (Å²) in [6.45, 7) is 5.61. The van der Waals surface area contributed by atoms with Crippen LogP contribution in [-0.2, 0) is 27.2 Å². The number of fused-ring (bicyclic) bond motifs is 6. The number of amides is 2. The Kier molecular flexibility index (Phi) is 9.55. The quantitative estimate of drug-likeness (QED) is 0.140. The van der Waals surface area contributed by atoms with Gasteiger partial charge in [0.25, 0.3) is 11.8 Å². The molecule has 16 heteroatoms. The second kappa shape index (κ2) is 15.9. The number of carbonyl (C=O) groups excluding carboxylic acids is 2. The van der Waals surface area contributed by atoms with E-state index in [0.29, 0.717) is 65.4 Å². The van der Waals surface area contributed by atoms with Crippen molar-refractivity contribution in [2.45, 2.75) is 69.7 Å². The number of nitrogens with zero attached hydrogens (tertiary/aromatic N) is 10. The Morgan fingerprint density at radius 3 is 1.83 bits per heavy atom. The van der Waals surface area contributed by atoms with Crippen LogP contribution in [-0.4, -0.2) is 119 Å². The lowest BCUT2D eigenvalue weighted by Gasteiger charge is -2.20. The maximum atomic E-state index is 14.4. The van der Waals surface area contributed by atoms with Crippen LogP contribution in [0.5, 0.6) is 11.5 Å². The van der Waals surface area contributed by atoms with Gasteiger partial charge in [0.05, 0.1) is 48.4 Å². The van der Waals surface area contributed by atoms with E-state index in [-0.39, 0.29) is 23.9 Å². The van der Waals surface area contributed by atoms with Gasteiger partial charge in [-0.3, -0.25) is 9.59 Å². The molecule has 0 spiro atoms. The van der Waals surface area contributed by atoms with Gasteiger partial charge in [-0.05, 0) is 129 Å². The van der Waals surface area contributed by atoms with Gasteiger partial charge in [-0.25, -0.2) is 19.9 Å². The van der Waals surface area contributed by atoms with Crippen LogP contribution in [0.1, 0.15) is 71.0 Å². The third-order valence-electron chi connectivity index (χ3n) is 16.6. The highest BCUT2D eigenvalue weighted by Crippen LogP contribution is 2.42. The molecule has 10 heterocycles.